The van der Waals surface area contributed by atoms with Gasteiger partial charge in [-0.1, -0.05) is 0 Å². The Morgan fingerprint density at radius 1 is 0.917 bits per heavy atom. The molecule has 0 saturated carbocycles. The second-order valence-electron chi connectivity index (χ2n) is 3.43. The number of unbranched alkanes of at least 4 members (excludes halogenated alkanes) is 6. The van der Waals surface area contributed by atoms with Gasteiger partial charge in [0.05, 0.1) is 0 Å². The van der Waals surface area contributed by atoms with Crippen LogP contribution in [0.5, 0.6) is 0 Å². The van der Waals surface area contributed by atoms with Gasteiger partial charge in [0.25, 0.3) is 0 Å². The van der Waals surface area contributed by atoms with E-state index in [-0.39, 0.29) is 0 Å². The molecule has 0 amide bonds. The van der Waals surface area contributed by atoms with Gasteiger partial charge in [-0.2, -0.15) is 0 Å². The Morgan fingerprint density at radius 3 is 1.92 bits per heavy atom. The van der Waals surface area contributed by atoms with Gasteiger partial charge in [0.2, 0.25) is 0 Å². The Labute approximate surface area is 104 Å². The van der Waals surface area contributed by atoms with E-state index in [1.807, 2.05) is 0 Å². The molecule has 12 heavy (non-hydrogen) atoms. The van der Waals surface area contributed by atoms with E-state index in [1.54, 1.807) is 0 Å². The molecule has 0 nitrogen and oxygen atoms in total. The van der Waals surface area contributed by atoms with Gasteiger partial charge < -0.3 is 0 Å². The molecule has 0 aliphatic heterocycles. The maximum absolute atomic E-state index is 2.39. The third kappa shape index (κ3) is 11.8. The van der Waals surface area contributed by atoms with E-state index >= 15 is 0 Å². The maximum atomic E-state index is 2.39. The Bertz CT molecular complexity index is 83.9. The predicted molar refractivity (Wildman–Crippen MR) is 55.7 cm³/mol. The molecule has 0 spiro atoms. The predicted octanol–water partition coefficient (Wildman–Crippen LogP) is 4.31. The first-order chi connectivity index (χ1) is 5.77. The molecular formula is C10H22GdP. The minimum atomic E-state index is 0.400. The van der Waals surface area contributed by atoms with Gasteiger partial charge in [-0.3, -0.25) is 0 Å². The molecule has 0 N–H and O–H groups in total. The summed E-state index contributed by atoms with van der Waals surface area (Å²) in [4.78, 5) is 0. The molecule has 0 heterocycles. The van der Waals surface area contributed by atoms with Crippen LogP contribution < -0.4 is 0 Å². The topological polar surface area (TPSA) is 0 Å². The average Bonchev–Trinajstić information content (AvgIpc) is 2.02. The van der Waals surface area contributed by atoms with E-state index in [2.05, 4.69) is 50.7 Å². The number of hydrogen-bond donors (Lipinski definition) is 0. The van der Waals surface area contributed by atoms with Crippen LogP contribution in [0.25, 0.3) is 0 Å². The van der Waals surface area contributed by atoms with Crippen molar-refractivity contribution in [3.8, 4) is 0 Å². The van der Waals surface area contributed by atoms with Crippen molar-refractivity contribution in [1.29, 1.82) is 0 Å². The molecule has 0 aliphatic carbocycles. The summed E-state index contributed by atoms with van der Waals surface area (Å²) in [6.07, 6.45) is 11.7. The van der Waals surface area contributed by atoms with Crippen molar-refractivity contribution in [2.24, 2.45) is 0 Å². The van der Waals surface area contributed by atoms with Gasteiger partial charge >= 0.3 is 105 Å². The van der Waals surface area contributed by atoms with Crippen LogP contribution in [0.4, 0.5) is 0 Å². The van der Waals surface area contributed by atoms with Gasteiger partial charge in [-0.15, -0.1) is 0 Å². The Balaban J connectivity index is 2.82. The van der Waals surface area contributed by atoms with Crippen LogP contribution in [0, 0.1) is 37.1 Å². The molecular weight excluding hydrogens is 308 g/mol. The van der Waals surface area contributed by atoms with E-state index in [9.17, 15) is 0 Å². The van der Waals surface area contributed by atoms with Crippen LogP contribution in [0.15, 0.2) is 0 Å². The normalized spacial score (nSPS) is 13.2. The third-order valence-electron chi connectivity index (χ3n) is 2.06. The van der Waals surface area contributed by atoms with Crippen LogP contribution in [0.2, 0.25) is 0 Å². The number of rotatable bonds is 8. The van der Waals surface area contributed by atoms with Crippen LogP contribution in [0.3, 0.4) is 0 Å². The summed E-state index contributed by atoms with van der Waals surface area (Å²) in [5.41, 5.74) is 0. The average molecular weight is 331 g/mol. The summed E-state index contributed by atoms with van der Waals surface area (Å²) in [7, 11) is 0. The van der Waals surface area contributed by atoms with E-state index in [0.29, 0.717) is 2.96 Å². The van der Waals surface area contributed by atoms with Crippen molar-refractivity contribution in [2.45, 2.75) is 51.9 Å². The third-order valence-corrected chi connectivity index (χ3v) is 4.51. The molecule has 0 radical (unpaired) electrons. The second kappa shape index (κ2) is 10.8. The Kier molecular flexibility index (Phi) is 12.4. The summed E-state index contributed by atoms with van der Waals surface area (Å²) in [5, 5.41) is 0. The van der Waals surface area contributed by atoms with Gasteiger partial charge in [-0.25, -0.2) is 0 Å². The van der Waals surface area contributed by atoms with E-state index < -0.39 is 0 Å². The van der Waals surface area contributed by atoms with Crippen LogP contribution >= 0.6 is 2.96 Å². The SMILES string of the molecule is CCCCCCCCC[P](C)[Gd]. The van der Waals surface area contributed by atoms with Crippen molar-refractivity contribution < 1.29 is 37.1 Å². The monoisotopic (exact) mass is 331 g/mol. The first-order valence-electron chi connectivity index (χ1n) is 5.13. The Morgan fingerprint density at radius 2 is 1.42 bits per heavy atom. The van der Waals surface area contributed by atoms with Crippen molar-refractivity contribution in [3.05, 3.63) is 0 Å². The van der Waals surface area contributed by atoms with Crippen molar-refractivity contribution in [3.63, 3.8) is 0 Å². The fourth-order valence-electron chi connectivity index (χ4n) is 1.28. The Hall–Kier alpha value is 1.75. The van der Waals surface area contributed by atoms with Gasteiger partial charge in [0, 0.05) is 0 Å². The fraction of sp³-hybridized carbons (Fsp3) is 1.00. The molecule has 1 unspecified atom stereocenters. The molecule has 0 aromatic heterocycles. The molecule has 0 aromatic rings. The van der Waals surface area contributed by atoms with Crippen molar-refractivity contribution in [2.75, 3.05) is 12.8 Å². The molecule has 0 fully saturated rings. The van der Waals surface area contributed by atoms with E-state index in [0.717, 1.165) is 0 Å². The summed E-state index contributed by atoms with van der Waals surface area (Å²) in [5.74, 6) is 0. The van der Waals surface area contributed by atoms with Crippen molar-refractivity contribution in [1.82, 2.24) is 0 Å². The molecule has 0 aromatic carbocycles. The molecule has 0 saturated heterocycles. The summed E-state index contributed by atoms with van der Waals surface area (Å²) in [6, 6.07) is 0. The first-order valence-corrected chi connectivity index (χ1v) is 10.0. The minimum absolute atomic E-state index is 0.400. The van der Waals surface area contributed by atoms with Gasteiger partial charge in [0.15, 0.2) is 0 Å². The molecule has 0 aliphatic rings. The quantitative estimate of drug-likeness (QED) is 0.459. The number of hydrogen-bond acceptors (Lipinski definition) is 0. The van der Waals surface area contributed by atoms with Crippen LogP contribution in [-0.2, 0) is 0 Å². The standard InChI is InChI=1S/C10H22P.Gd/c1-3-4-5-6-7-8-9-10-11-2;/h3-10H2,1-2H3;/q-1;+1. The fourth-order valence-corrected chi connectivity index (χ4v) is 3.01. The molecule has 1 atom stereocenters. The zero-order valence-electron chi connectivity index (χ0n) is 8.46. The summed E-state index contributed by atoms with van der Waals surface area (Å²) < 4.78 is 0.400. The van der Waals surface area contributed by atoms with Crippen LogP contribution in [0.1, 0.15) is 51.9 Å². The van der Waals surface area contributed by atoms with Crippen molar-refractivity contribution >= 4 is 2.96 Å². The van der Waals surface area contributed by atoms with Gasteiger partial charge in [0.1, 0.15) is 0 Å². The molecule has 0 rings (SSSR count). The van der Waals surface area contributed by atoms with Crippen LogP contribution in [-0.4, -0.2) is 12.8 Å². The zero-order chi connectivity index (χ0) is 9.23. The second-order valence-corrected chi connectivity index (χ2v) is 10.2. The summed E-state index contributed by atoms with van der Waals surface area (Å²) >= 11 is 2.20. The van der Waals surface area contributed by atoms with Gasteiger partial charge in [-0.05, 0) is 0 Å². The molecule has 2 heteroatoms. The molecule has 75 valence electrons. The summed E-state index contributed by atoms with van der Waals surface area (Å²) in [6.45, 7) is 4.67. The van der Waals surface area contributed by atoms with E-state index in [1.165, 1.54) is 51.1 Å². The molecule has 0 bridgehead atoms. The van der Waals surface area contributed by atoms with E-state index in [4.69, 9.17) is 0 Å². The first kappa shape index (κ1) is 13.8. The zero-order valence-corrected chi connectivity index (χ0v) is 11.6.